The van der Waals surface area contributed by atoms with Crippen molar-refractivity contribution in [1.82, 2.24) is 20.0 Å². The molecule has 0 radical (unpaired) electrons. The number of hydrogen-bond donors (Lipinski definition) is 0. The fourth-order valence-corrected chi connectivity index (χ4v) is 2.58. The molecule has 0 fully saturated rings. The van der Waals surface area contributed by atoms with E-state index in [-0.39, 0.29) is 29.1 Å². The summed E-state index contributed by atoms with van der Waals surface area (Å²) in [6.07, 6.45) is 1.50. The van der Waals surface area contributed by atoms with Crippen LogP contribution in [0.1, 0.15) is 35.8 Å². The van der Waals surface area contributed by atoms with Gasteiger partial charge in [0.15, 0.2) is 12.4 Å². The summed E-state index contributed by atoms with van der Waals surface area (Å²) in [6, 6.07) is 3.40. The number of rotatable bonds is 6. The Hall–Kier alpha value is -2.61. The molecule has 0 N–H and O–H groups in total. The van der Waals surface area contributed by atoms with Gasteiger partial charge in [0.25, 0.3) is 11.8 Å². The van der Waals surface area contributed by atoms with E-state index in [1.807, 2.05) is 13.8 Å². The van der Waals surface area contributed by atoms with E-state index in [1.54, 1.807) is 23.7 Å². The van der Waals surface area contributed by atoms with Gasteiger partial charge < -0.3 is 13.6 Å². The molecule has 8 nitrogen and oxygen atoms in total. The van der Waals surface area contributed by atoms with Gasteiger partial charge >= 0.3 is 5.97 Å². The molecule has 3 heterocycles. The van der Waals surface area contributed by atoms with E-state index in [1.165, 1.54) is 6.26 Å². The van der Waals surface area contributed by atoms with Gasteiger partial charge in [0, 0.05) is 6.54 Å². The molecule has 0 aromatic carbocycles. The van der Waals surface area contributed by atoms with Crippen LogP contribution in [0.5, 0.6) is 0 Å². The van der Waals surface area contributed by atoms with Crippen molar-refractivity contribution in [1.29, 1.82) is 0 Å². The van der Waals surface area contributed by atoms with Crippen LogP contribution in [0, 0.1) is 12.8 Å². The lowest BCUT2D eigenvalue weighted by Crippen LogP contribution is -2.08. The van der Waals surface area contributed by atoms with E-state index in [4.69, 9.17) is 25.2 Å². The molecular weight excluding hydrogens is 348 g/mol. The minimum atomic E-state index is -0.588. The van der Waals surface area contributed by atoms with Crippen molar-refractivity contribution in [2.45, 2.75) is 33.9 Å². The highest BCUT2D eigenvalue weighted by molar-refractivity contribution is 6.32. The van der Waals surface area contributed by atoms with Crippen molar-refractivity contribution in [2.75, 3.05) is 0 Å². The quantitative estimate of drug-likeness (QED) is 0.617. The molecular formula is C16H17ClN4O4. The van der Waals surface area contributed by atoms with Crippen LogP contribution in [-0.2, 0) is 17.9 Å². The average Bonchev–Trinajstić information content (AvgIpc) is 3.26. The normalized spacial score (nSPS) is 11.2. The third kappa shape index (κ3) is 3.74. The summed E-state index contributed by atoms with van der Waals surface area (Å²) in [7, 11) is 0. The monoisotopic (exact) mass is 364 g/mol. The highest BCUT2D eigenvalue weighted by Gasteiger charge is 2.23. The van der Waals surface area contributed by atoms with Crippen molar-refractivity contribution >= 4 is 17.6 Å². The van der Waals surface area contributed by atoms with Crippen LogP contribution in [0.2, 0.25) is 5.15 Å². The molecule has 0 unspecified atom stereocenters. The predicted molar refractivity (Wildman–Crippen MR) is 87.9 cm³/mol. The standard InChI is InChI=1S/C16H17ClN4O4/c1-9(2)7-21-14(17)13(10(3)20-21)16(22)24-8-12-18-19-15(25-12)11-5-4-6-23-11/h4-6,9H,7-8H2,1-3H3. The van der Waals surface area contributed by atoms with Crippen LogP contribution in [0.4, 0.5) is 0 Å². The molecule has 0 atom stereocenters. The first-order valence-corrected chi connectivity index (χ1v) is 8.09. The number of aryl methyl sites for hydroxylation is 1. The van der Waals surface area contributed by atoms with E-state index in [0.717, 1.165) is 0 Å². The summed E-state index contributed by atoms with van der Waals surface area (Å²) in [4.78, 5) is 12.3. The Morgan fingerprint density at radius 3 is 2.88 bits per heavy atom. The summed E-state index contributed by atoms with van der Waals surface area (Å²) in [6.45, 7) is 6.23. The number of carbonyl (C=O) groups is 1. The molecule has 0 saturated carbocycles. The van der Waals surface area contributed by atoms with Crippen molar-refractivity contribution in [2.24, 2.45) is 5.92 Å². The maximum absolute atomic E-state index is 12.3. The van der Waals surface area contributed by atoms with Crippen molar-refractivity contribution in [3.05, 3.63) is 40.7 Å². The van der Waals surface area contributed by atoms with Gasteiger partial charge in [-0.05, 0) is 25.0 Å². The van der Waals surface area contributed by atoms with Crippen molar-refractivity contribution in [3.8, 4) is 11.7 Å². The second-order valence-electron chi connectivity index (χ2n) is 5.88. The number of furan rings is 1. The van der Waals surface area contributed by atoms with Gasteiger partial charge in [-0.15, -0.1) is 10.2 Å². The molecule has 0 spiro atoms. The number of hydrogen-bond acceptors (Lipinski definition) is 7. The summed E-state index contributed by atoms with van der Waals surface area (Å²) < 4.78 is 17.4. The minimum Gasteiger partial charge on any atom is -0.459 e. The summed E-state index contributed by atoms with van der Waals surface area (Å²) in [5.74, 6) is 0.575. The first-order valence-electron chi connectivity index (χ1n) is 7.72. The molecule has 25 heavy (non-hydrogen) atoms. The number of nitrogens with zero attached hydrogens (tertiary/aromatic N) is 4. The number of esters is 1. The van der Waals surface area contributed by atoms with E-state index in [2.05, 4.69) is 15.3 Å². The van der Waals surface area contributed by atoms with Gasteiger partial charge in [0.2, 0.25) is 0 Å². The molecule has 9 heteroatoms. The zero-order valence-electron chi connectivity index (χ0n) is 14.0. The molecule has 0 saturated heterocycles. The minimum absolute atomic E-state index is 0.156. The Labute approximate surface area is 148 Å². The molecule has 0 aliphatic heterocycles. The second-order valence-corrected chi connectivity index (χ2v) is 6.24. The Balaban J connectivity index is 1.68. The van der Waals surface area contributed by atoms with Crippen LogP contribution in [0.3, 0.4) is 0 Å². The van der Waals surface area contributed by atoms with E-state index < -0.39 is 5.97 Å². The lowest BCUT2D eigenvalue weighted by molar-refractivity contribution is 0.0438. The first kappa shape index (κ1) is 17.2. The lowest BCUT2D eigenvalue weighted by atomic mass is 10.2. The third-order valence-electron chi connectivity index (χ3n) is 3.33. The Bertz CT molecular complexity index is 867. The molecule has 0 aliphatic carbocycles. The SMILES string of the molecule is Cc1nn(CC(C)C)c(Cl)c1C(=O)OCc1nnc(-c2ccco2)o1. The Morgan fingerprint density at radius 2 is 2.20 bits per heavy atom. The Kier molecular flexibility index (Phi) is 4.89. The van der Waals surface area contributed by atoms with Crippen LogP contribution in [0.15, 0.2) is 27.2 Å². The summed E-state index contributed by atoms with van der Waals surface area (Å²) >= 11 is 6.26. The van der Waals surface area contributed by atoms with Crippen LogP contribution >= 0.6 is 11.6 Å². The third-order valence-corrected chi connectivity index (χ3v) is 3.72. The molecule has 0 amide bonds. The average molecular weight is 365 g/mol. The maximum atomic E-state index is 12.3. The number of halogens is 1. The number of aromatic nitrogens is 4. The second kappa shape index (κ2) is 7.10. The fourth-order valence-electron chi connectivity index (χ4n) is 2.26. The highest BCUT2D eigenvalue weighted by Crippen LogP contribution is 2.23. The van der Waals surface area contributed by atoms with E-state index in [9.17, 15) is 4.79 Å². The fraction of sp³-hybridized carbons (Fsp3) is 0.375. The maximum Gasteiger partial charge on any atom is 0.343 e. The lowest BCUT2D eigenvalue weighted by Gasteiger charge is -2.06. The van der Waals surface area contributed by atoms with Gasteiger partial charge in [-0.25, -0.2) is 4.79 Å². The molecule has 3 aromatic heterocycles. The van der Waals surface area contributed by atoms with Gasteiger partial charge in [0.05, 0.1) is 12.0 Å². The number of ether oxygens (including phenoxy) is 1. The van der Waals surface area contributed by atoms with Gasteiger partial charge in [-0.1, -0.05) is 25.4 Å². The van der Waals surface area contributed by atoms with Gasteiger partial charge in [0.1, 0.15) is 10.7 Å². The van der Waals surface area contributed by atoms with Crippen molar-refractivity contribution < 1.29 is 18.4 Å². The smallest absolute Gasteiger partial charge is 0.343 e. The van der Waals surface area contributed by atoms with Gasteiger partial charge in [-0.3, -0.25) is 4.68 Å². The van der Waals surface area contributed by atoms with E-state index in [0.29, 0.717) is 23.9 Å². The van der Waals surface area contributed by atoms with Crippen LogP contribution < -0.4 is 0 Å². The van der Waals surface area contributed by atoms with Crippen LogP contribution in [-0.4, -0.2) is 25.9 Å². The number of carbonyl (C=O) groups excluding carboxylic acids is 1. The van der Waals surface area contributed by atoms with Crippen LogP contribution in [0.25, 0.3) is 11.7 Å². The predicted octanol–water partition coefficient (Wildman–Crippen LogP) is 3.50. The molecule has 0 aliphatic rings. The topological polar surface area (TPSA) is 96.2 Å². The van der Waals surface area contributed by atoms with E-state index >= 15 is 0 Å². The summed E-state index contributed by atoms with van der Waals surface area (Å²) in [5.41, 5.74) is 0.755. The van der Waals surface area contributed by atoms with Gasteiger partial charge in [-0.2, -0.15) is 5.10 Å². The Morgan fingerprint density at radius 1 is 1.40 bits per heavy atom. The first-order chi connectivity index (χ1) is 12.0. The molecule has 0 bridgehead atoms. The largest absolute Gasteiger partial charge is 0.459 e. The summed E-state index contributed by atoms with van der Waals surface area (Å²) in [5, 5.41) is 12.2. The molecule has 3 aromatic rings. The molecule has 3 rings (SSSR count). The zero-order valence-corrected chi connectivity index (χ0v) is 14.8. The molecule has 132 valence electrons. The zero-order chi connectivity index (χ0) is 18.0. The van der Waals surface area contributed by atoms with Crippen molar-refractivity contribution in [3.63, 3.8) is 0 Å². The highest BCUT2D eigenvalue weighted by atomic mass is 35.5.